The van der Waals surface area contributed by atoms with E-state index in [1.54, 1.807) is 0 Å². The highest BCUT2D eigenvalue weighted by atomic mass is 32.1. The Labute approximate surface area is 80.1 Å². The highest BCUT2D eigenvalue weighted by Crippen LogP contribution is 2.35. The van der Waals surface area contributed by atoms with E-state index in [1.807, 2.05) is 24.4 Å². The van der Waals surface area contributed by atoms with Crippen molar-refractivity contribution in [1.29, 1.82) is 0 Å². The van der Waals surface area contributed by atoms with Gasteiger partial charge in [0.25, 0.3) is 0 Å². The van der Waals surface area contributed by atoms with Gasteiger partial charge in [-0.15, -0.1) is 11.3 Å². The fourth-order valence-corrected chi connectivity index (χ4v) is 2.40. The van der Waals surface area contributed by atoms with E-state index in [0.717, 1.165) is 21.2 Å². The number of aliphatic hydroxyl groups excluding tert-OH is 1. The van der Waals surface area contributed by atoms with Crippen LogP contribution < -0.4 is 0 Å². The summed E-state index contributed by atoms with van der Waals surface area (Å²) in [5.74, 6) is 0.335. The lowest BCUT2D eigenvalue weighted by atomic mass is 10.1. The number of hydrogen-bond donors (Lipinski definition) is 2. The third-order valence-electron chi connectivity index (χ3n) is 2.16. The molecule has 2 rings (SSSR count). The zero-order valence-electron chi connectivity index (χ0n) is 7.24. The van der Waals surface area contributed by atoms with Gasteiger partial charge in [0.1, 0.15) is 5.75 Å². The zero-order valence-corrected chi connectivity index (χ0v) is 8.06. The van der Waals surface area contributed by atoms with Crippen molar-refractivity contribution in [1.82, 2.24) is 0 Å². The van der Waals surface area contributed by atoms with Crippen molar-refractivity contribution >= 4 is 21.4 Å². The first-order valence-electron chi connectivity index (χ1n) is 4.03. The van der Waals surface area contributed by atoms with Crippen molar-refractivity contribution in [2.75, 3.05) is 0 Å². The molecule has 2 N–H and O–H groups in total. The Morgan fingerprint density at radius 2 is 2.23 bits per heavy atom. The highest BCUT2D eigenvalue weighted by Gasteiger charge is 2.08. The van der Waals surface area contributed by atoms with Gasteiger partial charge in [-0.2, -0.15) is 0 Å². The average molecular weight is 194 g/mol. The molecule has 0 amide bonds. The van der Waals surface area contributed by atoms with Gasteiger partial charge in [0.05, 0.1) is 11.3 Å². The third kappa shape index (κ3) is 1.20. The van der Waals surface area contributed by atoms with Crippen molar-refractivity contribution in [3.8, 4) is 5.75 Å². The molecule has 0 aliphatic carbocycles. The number of hydrogen-bond acceptors (Lipinski definition) is 3. The minimum atomic E-state index is 0.0222. The standard InChI is InChI=1S/C10H10O2S/c1-6-4-7(5-11)8-2-3-13-10(8)9(6)12/h2-4,11-12H,5H2,1H3. The molecular weight excluding hydrogens is 184 g/mol. The summed E-state index contributed by atoms with van der Waals surface area (Å²) in [6.07, 6.45) is 0. The molecule has 68 valence electrons. The van der Waals surface area contributed by atoms with Crippen molar-refractivity contribution in [3.05, 3.63) is 28.6 Å². The molecule has 1 heterocycles. The molecule has 0 unspecified atom stereocenters. The minimum absolute atomic E-state index is 0.0222. The van der Waals surface area contributed by atoms with E-state index in [9.17, 15) is 5.11 Å². The van der Waals surface area contributed by atoms with E-state index in [1.165, 1.54) is 11.3 Å². The van der Waals surface area contributed by atoms with E-state index in [4.69, 9.17) is 5.11 Å². The summed E-state index contributed by atoms with van der Waals surface area (Å²) in [6.45, 7) is 1.86. The van der Waals surface area contributed by atoms with Crippen LogP contribution in [0, 0.1) is 6.92 Å². The Balaban J connectivity index is 2.87. The monoisotopic (exact) mass is 194 g/mol. The molecule has 0 radical (unpaired) electrons. The maximum Gasteiger partial charge on any atom is 0.136 e. The lowest BCUT2D eigenvalue weighted by molar-refractivity contribution is 0.283. The first-order valence-corrected chi connectivity index (χ1v) is 4.91. The van der Waals surface area contributed by atoms with Crippen LogP contribution in [0.2, 0.25) is 0 Å². The second-order valence-corrected chi connectivity index (χ2v) is 3.94. The van der Waals surface area contributed by atoms with Crippen LogP contribution in [0.1, 0.15) is 11.1 Å². The summed E-state index contributed by atoms with van der Waals surface area (Å²) in [5.41, 5.74) is 1.70. The van der Waals surface area contributed by atoms with Gasteiger partial charge in [-0.3, -0.25) is 0 Å². The number of fused-ring (bicyclic) bond motifs is 1. The second kappa shape index (κ2) is 3.01. The molecule has 0 aliphatic rings. The van der Waals surface area contributed by atoms with Crippen molar-refractivity contribution in [2.45, 2.75) is 13.5 Å². The molecule has 2 aromatic rings. The van der Waals surface area contributed by atoms with Gasteiger partial charge in [-0.25, -0.2) is 0 Å². The van der Waals surface area contributed by atoms with Crippen LogP contribution in [0.15, 0.2) is 17.5 Å². The predicted molar refractivity (Wildman–Crippen MR) is 54.1 cm³/mol. The van der Waals surface area contributed by atoms with E-state index in [2.05, 4.69) is 0 Å². The molecule has 13 heavy (non-hydrogen) atoms. The van der Waals surface area contributed by atoms with E-state index in [0.29, 0.717) is 5.75 Å². The molecule has 0 aliphatic heterocycles. The lowest BCUT2D eigenvalue weighted by Gasteiger charge is -2.04. The number of aliphatic hydroxyl groups is 1. The molecule has 1 aromatic carbocycles. The molecule has 0 spiro atoms. The fourth-order valence-electron chi connectivity index (χ4n) is 1.46. The summed E-state index contributed by atoms with van der Waals surface area (Å²) >= 11 is 1.50. The van der Waals surface area contributed by atoms with E-state index >= 15 is 0 Å². The first kappa shape index (κ1) is 8.53. The lowest BCUT2D eigenvalue weighted by Crippen LogP contribution is -1.86. The molecule has 0 fully saturated rings. The summed E-state index contributed by atoms with van der Waals surface area (Å²) in [7, 11) is 0. The molecule has 0 atom stereocenters. The topological polar surface area (TPSA) is 40.5 Å². The van der Waals surface area contributed by atoms with Crippen molar-refractivity contribution < 1.29 is 10.2 Å². The third-order valence-corrected chi connectivity index (χ3v) is 3.08. The van der Waals surface area contributed by atoms with Crippen LogP contribution in [0.25, 0.3) is 10.1 Å². The van der Waals surface area contributed by atoms with E-state index < -0.39 is 0 Å². The summed E-state index contributed by atoms with van der Waals surface area (Å²) in [6, 6.07) is 3.75. The number of phenolic OH excluding ortho intramolecular Hbond substituents is 1. The van der Waals surface area contributed by atoms with E-state index in [-0.39, 0.29) is 6.61 Å². The first-order chi connectivity index (χ1) is 6.24. The minimum Gasteiger partial charge on any atom is -0.506 e. The molecule has 0 saturated heterocycles. The summed E-state index contributed by atoms with van der Waals surface area (Å²) in [5, 5.41) is 21.7. The number of phenols is 1. The smallest absolute Gasteiger partial charge is 0.136 e. The van der Waals surface area contributed by atoms with Gasteiger partial charge in [-0.1, -0.05) is 0 Å². The molecular formula is C10H10O2S. The SMILES string of the molecule is Cc1cc(CO)c2ccsc2c1O. The Hall–Kier alpha value is -1.06. The molecule has 0 bridgehead atoms. The van der Waals surface area contributed by atoms with Gasteiger partial charge in [0.15, 0.2) is 0 Å². The highest BCUT2D eigenvalue weighted by molar-refractivity contribution is 7.17. The van der Waals surface area contributed by atoms with Crippen LogP contribution in [-0.4, -0.2) is 10.2 Å². The fraction of sp³-hybridized carbons (Fsp3) is 0.200. The number of benzene rings is 1. The molecule has 2 nitrogen and oxygen atoms in total. The van der Waals surface area contributed by atoms with Crippen molar-refractivity contribution in [3.63, 3.8) is 0 Å². The van der Waals surface area contributed by atoms with Crippen LogP contribution >= 0.6 is 11.3 Å². The normalized spacial score (nSPS) is 10.9. The Morgan fingerprint density at radius 3 is 2.92 bits per heavy atom. The molecule has 0 saturated carbocycles. The van der Waals surface area contributed by atoms with Gasteiger partial charge < -0.3 is 10.2 Å². The average Bonchev–Trinajstić information content (AvgIpc) is 2.60. The predicted octanol–water partition coefficient (Wildman–Crippen LogP) is 2.41. The number of rotatable bonds is 1. The Bertz CT molecular complexity index is 445. The number of thiophene rings is 1. The van der Waals surface area contributed by atoms with Gasteiger partial charge in [0, 0.05) is 5.39 Å². The maximum atomic E-state index is 9.70. The number of aromatic hydroxyl groups is 1. The maximum absolute atomic E-state index is 9.70. The van der Waals surface area contributed by atoms with Crippen molar-refractivity contribution in [2.24, 2.45) is 0 Å². The van der Waals surface area contributed by atoms with Gasteiger partial charge in [0.2, 0.25) is 0 Å². The summed E-state index contributed by atoms with van der Waals surface area (Å²) in [4.78, 5) is 0. The molecule has 1 aromatic heterocycles. The van der Waals surface area contributed by atoms with Crippen LogP contribution in [0.5, 0.6) is 5.75 Å². The Kier molecular flexibility index (Phi) is 1.98. The van der Waals surface area contributed by atoms with Crippen LogP contribution in [0.4, 0.5) is 0 Å². The zero-order chi connectivity index (χ0) is 9.42. The summed E-state index contributed by atoms with van der Waals surface area (Å²) < 4.78 is 0.865. The largest absolute Gasteiger partial charge is 0.506 e. The second-order valence-electron chi connectivity index (χ2n) is 3.02. The molecule has 3 heteroatoms. The quantitative estimate of drug-likeness (QED) is 0.731. The van der Waals surface area contributed by atoms with Gasteiger partial charge in [-0.05, 0) is 35.6 Å². The van der Waals surface area contributed by atoms with Gasteiger partial charge >= 0.3 is 0 Å². The van der Waals surface area contributed by atoms with Crippen LogP contribution in [0.3, 0.4) is 0 Å². The number of aryl methyl sites for hydroxylation is 1. The van der Waals surface area contributed by atoms with Crippen LogP contribution in [-0.2, 0) is 6.61 Å². The Morgan fingerprint density at radius 1 is 1.46 bits per heavy atom.